The van der Waals surface area contributed by atoms with Crippen molar-refractivity contribution >= 4 is 11.9 Å². The van der Waals surface area contributed by atoms with Crippen LogP contribution in [-0.4, -0.2) is 27.3 Å². The quantitative estimate of drug-likeness (QED) is 0.738. The molecule has 1 heterocycles. The predicted octanol–water partition coefficient (Wildman–Crippen LogP) is 0.800. The van der Waals surface area contributed by atoms with E-state index >= 15 is 0 Å². The van der Waals surface area contributed by atoms with E-state index in [-0.39, 0.29) is 18.3 Å². The normalized spacial score (nSPS) is 30.1. The highest BCUT2D eigenvalue weighted by molar-refractivity contribution is 5.96. The van der Waals surface area contributed by atoms with Gasteiger partial charge in [-0.15, -0.1) is 5.10 Å². The second-order valence-electron chi connectivity index (χ2n) is 3.79. The maximum atomic E-state index is 12.8. The number of carbonyl (C=O) groups excluding carboxylic acids is 1. The number of aromatic amines is 1. The lowest BCUT2D eigenvalue weighted by Crippen LogP contribution is -2.24. The summed E-state index contributed by atoms with van der Waals surface area (Å²) in [4.78, 5) is 15.4. The lowest BCUT2D eigenvalue weighted by atomic mass is 10.1. The van der Waals surface area contributed by atoms with E-state index < -0.39 is 11.6 Å². The van der Waals surface area contributed by atoms with Gasteiger partial charge >= 0.3 is 0 Å². The number of nitrogens with one attached hydrogen (secondary N) is 2. The van der Waals surface area contributed by atoms with Gasteiger partial charge in [0.2, 0.25) is 11.9 Å². The van der Waals surface area contributed by atoms with Gasteiger partial charge in [-0.1, -0.05) is 0 Å². The van der Waals surface area contributed by atoms with Gasteiger partial charge in [0.1, 0.15) is 12.0 Å². The minimum atomic E-state index is -1.04. The summed E-state index contributed by atoms with van der Waals surface area (Å²) >= 11 is 0. The molecule has 2 N–H and O–H groups in total. The van der Waals surface area contributed by atoms with Crippen LogP contribution in [0.5, 0.6) is 0 Å². The molecule has 2 rings (SSSR count). The summed E-state index contributed by atoms with van der Waals surface area (Å²) in [6.07, 6.45) is -0.759. The van der Waals surface area contributed by atoms with Gasteiger partial charge in [-0.05, 0) is 20.3 Å². The molecule has 76 valence electrons. The Morgan fingerprint density at radius 2 is 2.43 bits per heavy atom. The molecule has 1 aliphatic carbocycles. The monoisotopic (exact) mass is 198 g/mol. The third kappa shape index (κ3) is 1.36. The molecule has 0 aromatic carbocycles. The molecule has 2 atom stereocenters. The molecule has 0 aliphatic heterocycles. The van der Waals surface area contributed by atoms with Crippen molar-refractivity contribution in [3.63, 3.8) is 0 Å². The maximum absolute atomic E-state index is 12.8. The summed E-state index contributed by atoms with van der Waals surface area (Å²) in [5.74, 6) is 0.454. The van der Waals surface area contributed by atoms with Gasteiger partial charge in [0.05, 0.1) is 5.41 Å². The Hall–Kier alpha value is -1.46. The number of hydrogen-bond donors (Lipinski definition) is 2. The third-order valence-corrected chi connectivity index (χ3v) is 2.48. The van der Waals surface area contributed by atoms with Crippen LogP contribution in [0.4, 0.5) is 10.3 Å². The van der Waals surface area contributed by atoms with E-state index in [1.807, 2.05) is 0 Å². The van der Waals surface area contributed by atoms with Crippen LogP contribution in [0.3, 0.4) is 0 Å². The number of halogens is 1. The first-order valence-corrected chi connectivity index (χ1v) is 4.37. The van der Waals surface area contributed by atoms with Gasteiger partial charge < -0.3 is 0 Å². The number of hydrogen-bond acceptors (Lipinski definition) is 3. The zero-order chi connectivity index (χ0) is 10.3. The molecule has 0 saturated heterocycles. The number of aromatic nitrogens is 3. The van der Waals surface area contributed by atoms with Crippen molar-refractivity contribution < 1.29 is 9.18 Å². The van der Waals surface area contributed by atoms with Gasteiger partial charge in [-0.2, -0.15) is 4.98 Å². The summed E-state index contributed by atoms with van der Waals surface area (Å²) in [6.45, 7) is 3.31. The number of alkyl halides is 1. The van der Waals surface area contributed by atoms with Gasteiger partial charge in [0, 0.05) is 0 Å². The predicted molar refractivity (Wildman–Crippen MR) is 47.4 cm³/mol. The first-order chi connectivity index (χ1) is 6.52. The minimum Gasteiger partial charge on any atom is -0.293 e. The Morgan fingerprint density at radius 3 is 2.86 bits per heavy atom. The van der Waals surface area contributed by atoms with E-state index in [1.54, 1.807) is 13.8 Å². The Bertz CT molecular complexity index is 377. The highest BCUT2D eigenvalue weighted by Gasteiger charge is 2.57. The largest absolute Gasteiger partial charge is 0.293 e. The summed E-state index contributed by atoms with van der Waals surface area (Å²) in [7, 11) is 0. The van der Waals surface area contributed by atoms with E-state index in [4.69, 9.17) is 0 Å². The Kier molecular flexibility index (Phi) is 1.80. The van der Waals surface area contributed by atoms with E-state index in [9.17, 15) is 9.18 Å². The highest BCUT2D eigenvalue weighted by atomic mass is 19.1. The average Bonchev–Trinajstić information content (AvgIpc) is 2.56. The lowest BCUT2D eigenvalue weighted by Gasteiger charge is -2.05. The Labute approximate surface area is 80.1 Å². The van der Waals surface area contributed by atoms with Crippen LogP contribution < -0.4 is 5.32 Å². The van der Waals surface area contributed by atoms with Crippen LogP contribution in [0.1, 0.15) is 19.2 Å². The zero-order valence-electron chi connectivity index (χ0n) is 7.97. The summed E-state index contributed by atoms with van der Waals surface area (Å²) in [5.41, 5.74) is -0.880. The number of H-pyrrole nitrogens is 1. The van der Waals surface area contributed by atoms with Gasteiger partial charge in [-0.3, -0.25) is 15.2 Å². The molecule has 1 amide bonds. The van der Waals surface area contributed by atoms with Crippen molar-refractivity contribution in [1.29, 1.82) is 0 Å². The first-order valence-electron chi connectivity index (χ1n) is 4.37. The maximum Gasteiger partial charge on any atom is 0.248 e. The molecule has 14 heavy (non-hydrogen) atoms. The summed E-state index contributed by atoms with van der Waals surface area (Å²) < 4.78 is 12.8. The molecule has 1 aromatic rings. The third-order valence-electron chi connectivity index (χ3n) is 2.48. The van der Waals surface area contributed by atoms with Crippen LogP contribution >= 0.6 is 0 Å². The highest BCUT2D eigenvalue weighted by Crippen LogP contribution is 2.48. The molecular formula is C8H11FN4O. The number of carbonyl (C=O) groups is 1. The minimum absolute atomic E-state index is 0.202. The summed E-state index contributed by atoms with van der Waals surface area (Å²) in [6, 6.07) is 0. The molecular weight excluding hydrogens is 187 g/mol. The van der Waals surface area contributed by atoms with Gasteiger partial charge in [-0.25, -0.2) is 4.39 Å². The molecule has 1 aromatic heterocycles. The number of nitrogens with zero attached hydrogens (tertiary/aromatic N) is 2. The van der Waals surface area contributed by atoms with Crippen LogP contribution in [0, 0.1) is 12.3 Å². The fraction of sp³-hybridized carbons (Fsp3) is 0.625. The molecule has 1 fully saturated rings. The van der Waals surface area contributed by atoms with Crippen LogP contribution in [0.15, 0.2) is 0 Å². The number of amides is 1. The molecule has 1 aliphatic rings. The molecule has 0 bridgehead atoms. The van der Waals surface area contributed by atoms with E-state index in [0.29, 0.717) is 5.82 Å². The standard InChI is InChI=1S/C8H11FN4O/c1-4-10-7(13-12-4)11-6(14)8(2)3-5(8)9/h5H,3H2,1-2H3,(H2,10,11,12,13,14). The molecule has 1 saturated carbocycles. The average molecular weight is 198 g/mol. The van der Waals surface area contributed by atoms with Crippen molar-refractivity contribution in [3.05, 3.63) is 5.82 Å². The molecule has 0 radical (unpaired) electrons. The molecule has 0 spiro atoms. The van der Waals surface area contributed by atoms with Gasteiger partial charge in [0.25, 0.3) is 0 Å². The van der Waals surface area contributed by atoms with Gasteiger partial charge in [0.15, 0.2) is 0 Å². The SMILES string of the molecule is Cc1nc(NC(=O)C2(C)CC2F)n[nH]1. The number of anilines is 1. The van der Waals surface area contributed by atoms with E-state index in [0.717, 1.165) is 0 Å². The van der Waals surface area contributed by atoms with Crippen LogP contribution in [0.25, 0.3) is 0 Å². The number of rotatable bonds is 2. The molecule has 6 heteroatoms. The van der Waals surface area contributed by atoms with Crippen molar-refractivity contribution in [1.82, 2.24) is 15.2 Å². The molecule has 2 unspecified atom stereocenters. The zero-order valence-corrected chi connectivity index (χ0v) is 7.97. The Morgan fingerprint density at radius 1 is 1.79 bits per heavy atom. The van der Waals surface area contributed by atoms with Crippen molar-refractivity contribution in [3.8, 4) is 0 Å². The van der Waals surface area contributed by atoms with Crippen molar-refractivity contribution in [2.45, 2.75) is 26.4 Å². The van der Waals surface area contributed by atoms with E-state index in [2.05, 4.69) is 20.5 Å². The van der Waals surface area contributed by atoms with Crippen LogP contribution in [-0.2, 0) is 4.79 Å². The molecule has 5 nitrogen and oxygen atoms in total. The fourth-order valence-electron chi connectivity index (χ4n) is 1.19. The topological polar surface area (TPSA) is 70.7 Å². The second kappa shape index (κ2) is 2.76. The summed E-state index contributed by atoms with van der Waals surface area (Å²) in [5, 5.41) is 8.78. The van der Waals surface area contributed by atoms with E-state index in [1.165, 1.54) is 0 Å². The van der Waals surface area contributed by atoms with Crippen molar-refractivity contribution in [2.24, 2.45) is 5.41 Å². The first kappa shape index (κ1) is 9.11. The Balaban J connectivity index is 2.02. The smallest absolute Gasteiger partial charge is 0.248 e. The second-order valence-corrected chi connectivity index (χ2v) is 3.79. The van der Waals surface area contributed by atoms with Crippen LogP contribution in [0.2, 0.25) is 0 Å². The van der Waals surface area contributed by atoms with Crippen molar-refractivity contribution in [2.75, 3.05) is 5.32 Å². The lowest BCUT2D eigenvalue weighted by molar-refractivity contribution is -0.121. The number of aryl methyl sites for hydroxylation is 1. The fourth-order valence-corrected chi connectivity index (χ4v) is 1.19.